The highest BCUT2D eigenvalue weighted by Crippen LogP contribution is 2.37. The lowest BCUT2D eigenvalue weighted by atomic mass is 10.00. The minimum absolute atomic E-state index is 0.303. The number of H-pyrrole nitrogens is 1. The zero-order chi connectivity index (χ0) is 15.8. The maximum absolute atomic E-state index is 5.50. The summed E-state index contributed by atoms with van der Waals surface area (Å²) in [5.74, 6) is 2.78. The molecule has 1 aromatic carbocycles. The summed E-state index contributed by atoms with van der Waals surface area (Å²) in [6.07, 6.45) is 3.20. The number of thioether (sulfide) groups is 1. The SMILES string of the molecule is CSC[C@H](C)N1CCc2[nH]nc(-c3ccc4c(c3)OCO4)c2C1. The predicted molar refractivity (Wildman–Crippen MR) is 92.1 cm³/mol. The molecule has 3 heterocycles. The first-order valence-electron chi connectivity index (χ1n) is 7.95. The van der Waals surface area contributed by atoms with Crippen LogP contribution in [0.15, 0.2) is 18.2 Å². The normalized spacial score (nSPS) is 18.0. The summed E-state index contributed by atoms with van der Waals surface area (Å²) in [4.78, 5) is 2.55. The van der Waals surface area contributed by atoms with Gasteiger partial charge in [0, 0.05) is 48.1 Å². The maximum Gasteiger partial charge on any atom is 0.231 e. The van der Waals surface area contributed by atoms with Gasteiger partial charge in [-0.2, -0.15) is 16.9 Å². The molecule has 2 aliphatic heterocycles. The Morgan fingerprint density at radius 1 is 1.35 bits per heavy atom. The Morgan fingerprint density at radius 3 is 3.09 bits per heavy atom. The van der Waals surface area contributed by atoms with Crippen LogP contribution in [0.25, 0.3) is 11.3 Å². The van der Waals surface area contributed by atoms with Crippen LogP contribution in [-0.2, 0) is 13.0 Å². The molecule has 0 amide bonds. The average molecular weight is 331 g/mol. The molecule has 0 bridgehead atoms. The van der Waals surface area contributed by atoms with Crippen molar-refractivity contribution in [2.24, 2.45) is 0 Å². The quantitative estimate of drug-likeness (QED) is 0.933. The van der Waals surface area contributed by atoms with Gasteiger partial charge in [-0.1, -0.05) is 0 Å². The fourth-order valence-corrected chi connectivity index (χ4v) is 4.01. The number of aromatic amines is 1. The Kier molecular flexibility index (Phi) is 3.95. The van der Waals surface area contributed by atoms with Gasteiger partial charge in [0.1, 0.15) is 0 Å². The zero-order valence-corrected chi connectivity index (χ0v) is 14.3. The van der Waals surface area contributed by atoms with E-state index in [1.807, 2.05) is 23.9 Å². The van der Waals surface area contributed by atoms with Crippen LogP contribution in [0.1, 0.15) is 18.2 Å². The molecule has 0 fully saturated rings. The maximum atomic E-state index is 5.50. The van der Waals surface area contributed by atoms with E-state index in [0.717, 1.165) is 48.0 Å². The third-order valence-corrected chi connectivity index (χ3v) is 5.46. The standard InChI is InChI=1S/C17H21N3O2S/c1-11(9-23-2)20-6-5-14-13(8-20)17(19-18-14)12-3-4-15-16(7-12)22-10-21-15/h3-4,7,11H,5-6,8-10H2,1-2H3,(H,18,19)/t11-/m0/s1. The molecule has 1 atom stereocenters. The monoisotopic (exact) mass is 331 g/mol. The number of benzene rings is 1. The number of hydrogen-bond donors (Lipinski definition) is 1. The minimum Gasteiger partial charge on any atom is -0.454 e. The van der Waals surface area contributed by atoms with Crippen molar-refractivity contribution in [1.82, 2.24) is 15.1 Å². The molecule has 0 radical (unpaired) electrons. The lowest BCUT2D eigenvalue weighted by molar-refractivity contribution is 0.174. The van der Waals surface area contributed by atoms with Crippen molar-refractivity contribution >= 4 is 11.8 Å². The van der Waals surface area contributed by atoms with Crippen LogP contribution in [0.4, 0.5) is 0 Å². The fourth-order valence-electron chi connectivity index (χ4n) is 3.32. The molecule has 1 N–H and O–H groups in total. The third-order valence-electron chi connectivity index (χ3n) is 4.64. The molecule has 0 spiro atoms. The first-order chi connectivity index (χ1) is 11.3. The fraction of sp³-hybridized carbons (Fsp3) is 0.471. The van der Waals surface area contributed by atoms with Crippen molar-refractivity contribution in [2.75, 3.05) is 25.3 Å². The van der Waals surface area contributed by atoms with E-state index in [2.05, 4.69) is 34.3 Å². The smallest absolute Gasteiger partial charge is 0.231 e. The number of ether oxygens (including phenoxy) is 2. The number of nitrogens with one attached hydrogen (secondary N) is 1. The van der Waals surface area contributed by atoms with Crippen LogP contribution < -0.4 is 9.47 Å². The molecule has 0 saturated carbocycles. The summed E-state index contributed by atoms with van der Waals surface area (Å²) in [5, 5.41) is 7.81. The second-order valence-corrected chi connectivity index (χ2v) is 7.03. The topological polar surface area (TPSA) is 50.4 Å². The molecule has 2 aromatic rings. The Labute approximate surface area is 140 Å². The molecule has 0 unspecified atom stereocenters. The van der Waals surface area contributed by atoms with Crippen molar-refractivity contribution in [3.63, 3.8) is 0 Å². The number of rotatable bonds is 4. The van der Waals surface area contributed by atoms with Gasteiger partial charge in [-0.25, -0.2) is 0 Å². The van der Waals surface area contributed by atoms with Gasteiger partial charge in [-0.05, 0) is 31.4 Å². The Balaban J connectivity index is 1.64. The molecular weight excluding hydrogens is 310 g/mol. The highest BCUT2D eigenvalue weighted by Gasteiger charge is 2.26. The van der Waals surface area contributed by atoms with E-state index in [1.165, 1.54) is 11.3 Å². The summed E-state index contributed by atoms with van der Waals surface area (Å²) in [6.45, 7) is 4.66. The van der Waals surface area contributed by atoms with Gasteiger partial charge in [0.05, 0.1) is 5.69 Å². The zero-order valence-electron chi connectivity index (χ0n) is 13.5. The lowest BCUT2D eigenvalue weighted by Gasteiger charge is -2.32. The van der Waals surface area contributed by atoms with Crippen LogP contribution in [-0.4, -0.2) is 46.5 Å². The van der Waals surface area contributed by atoms with Crippen molar-refractivity contribution < 1.29 is 9.47 Å². The molecular formula is C17H21N3O2S. The molecule has 0 saturated heterocycles. The average Bonchev–Trinajstić information content (AvgIpc) is 3.20. The highest BCUT2D eigenvalue weighted by atomic mass is 32.2. The molecule has 122 valence electrons. The van der Waals surface area contributed by atoms with Gasteiger partial charge in [0.25, 0.3) is 0 Å². The van der Waals surface area contributed by atoms with E-state index in [4.69, 9.17) is 9.47 Å². The van der Waals surface area contributed by atoms with Crippen LogP contribution in [0, 0.1) is 0 Å². The minimum atomic E-state index is 0.303. The van der Waals surface area contributed by atoms with E-state index < -0.39 is 0 Å². The predicted octanol–water partition coefficient (Wildman–Crippen LogP) is 2.92. The largest absolute Gasteiger partial charge is 0.454 e. The molecule has 1 aromatic heterocycles. The van der Waals surface area contributed by atoms with Gasteiger partial charge in [0.15, 0.2) is 11.5 Å². The van der Waals surface area contributed by atoms with E-state index in [-0.39, 0.29) is 0 Å². The Hall–Kier alpha value is -1.66. The second kappa shape index (κ2) is 6.09. The number of nitrogens with zero attached hydrogens (tertiary/aromatic N) is 2. The summed E-state index contributed by atoms with van der Waals surface area (Å²) < 4.78 is 10.9. The van der Waals surface area contributed by atoms with Crippen LogP contribution in [0.5, 0.6) is 11.5 Å². The van der Waals surface area contributed by atoms with Gasteiger partial charge in [-0.15, -0.1) is 0 Å². The summed E-state index contributed by atoms with van der Waals surface area (Å²) >= 11 is 1.91. The van der Waals surface area contributed by atoms with Gasteiger partial charge >= 0.3 is 0 Å². The highest BCUT2D eigenvalue weighted by molar-refractivity contribution is 7.98. The Bertz CT molecular complexity index is 716. The summed E-state index contributed by atoms with van der Waals surface area (Å²) in [7, 11) is 0. The van der Waals surface area contributed by atoms with Crippen molar-refractivity contribution in [3.8, 4) is 22.8 Å². The summed E-state index contributed by atoms with van der Waals surface area (Å²) in [6, 6.07) is 6.64. The van der Waals surface area contributed by atoms with Crippen molar-refractivity contribution in [3.05, 3.63) is 29.5 Å². The van der Waals surface area contributed by atoms with E-state index in [9.17, 15) is 0 Å². The number of aromatic nitrogens is 2. The molecule has 23 heavy (non-hydrogen) atoms. The van der Waals surface area contributed by atoms with Gasteiger partial charge in [-0.3, -0.25) is 10.00 Å². The van der Waals surface area contributed by atoms with Crippen molar-refractivity contribution in [1.29, 1.82) is 0 Å². The van der Waals surface area contributed by atoms with Crippen molar-refractivity contribution in [2.45, 2.75) is 25.9 Å². The van der Waals surface area contributed by atoms with E-state index in [1.54, 1.807) is 0 Å². The van der Waals surface area contributed by atoms with Crippen LogP contribution in [0.3, 0.4) is 0 Å². The first-order valence-corrected chi connectivity index (χ1v) is 9.34. The van der Waals surface area contributed by atoms with E-state index >= 15 is 0 Å². The van der Waals surface area contributed by atoms with Crippen LogP contribution in [0.2, 0.25) is 0 Å². The molecule has 0 aliphatic carbocycles. The van der Waals surface area contributed by atoms with Gasteiger partial charge < -0.3 is 9.47 Å². The molecule has 6 heteroatoms. The van der Waals surface area contributed by atoms with E-state index in [0.29, 0.717) is 12.8 Å². The number of fused-ring (bicyclic) bond motifs is 2. The molecule has 2 aliphatic rings. The molecule has 4 rings (SSSR count). The third kappa shape index (κ3) is 2.70. The second-order valence-electron chi connectivity index (χ2n) is 6.12. The number of hydrogen-bond acceptors (Lipinski definition) is 5. The molecule has 5 nitrogen and oxygen atoms in total. The Morgan fingerprint density at radius 2 is 2.22 bits per heavy atom. The first kappa shape index (κ1) is 14.9. The lowest BCUT2D eigenvalue weighted by Crippen LogP contribution is -2.38. The van der Waals surface area contributed by atoms with Gasteiger partial charge in [0.2, 0.25) is 6.79 Å². The van der Waals surface area contributed by atoms with Crippen LogP contribution >= 0.6 is 11.8 Å². The summed E-state index contributed by atoms with van der Waals surface area (Å²) in [5.41, 5.74) is 4.72.